The number of aromatic nitrogens is 1. The van der Waals surface area contributed by atoms with Crippen molar-refractivity contribution in [3.05, 3.63) is 36.0 Å². The number of hydrogen-bond acceptors (Lipinski definition) is 4. The lowest BCUT2D eigenvalue weighted by molar-refractivity contribution is 0.142. The molecule has 1 saturated carbocycles. The van der Waals surface area contributed by atoms with Gasteiger partial charge in [-0.05, 0) is 25.0 Å². The molecule has 4 rings (SSSR count). The van der Waals surface area contributed by atoms with Crippen LogP contribution in [0.3, 0.4) is 0 Å². The third-order valence-electron chi connectivity index (χ3n) is 4.06. The molecule has 1 N–H and O–H groups in total. The van der Waals surface area contributed by atoms with Gasteiger partial charge in [-0.3, -0.25) is 4.98 Å². The van der Waals surface area contributed by atoms with Gasteiger partial charge in [0.15, 0.2) is 0 Å². The summed E-state index contributed by atoms with van der Waals surface area (Å²) in [5.41, 5.74) is 2.05. The maximum absolute atomic E-state index is 6.16. The number of rotatable bonds is 5. The molecule has 0 spiro atoms. The van der Waals surface area contributed by atoms with E-state index in [9.17, 15) is 0 Å². The Hall–Kier alpha value is -1.65. The molecule has 2 aliphatic rings. The quantitative estimate of drug-likeness (QED) is 0.916. The zero-order valence-electron chi connectivity index (χ0n) is 12.0. The first-order chi connectivity index (χ1) is 10.4. The molecule has 1 aliphatic heterocycles. The van der Waals surface area contributed by atoms with Gasteiger partial charge in [-0.1, -0.05) is 12.1 Å². The third-order valence-corrected chi connectivity index (χ3v) is 4.06. The Morgan fingerprint density at radius 2 is 2.14 bits per heavy atom. The Bertz CT molecular complexity index is 634. The minimum atomic E-state index is 0.167. The summed E-state index contributed by atoms with van der Waals surface area (Å²) in [6, 6.07) is 10.9. The summed E-state index contributed by atoms with van der Waals surface area (Å²) < 4.78 is 11.6. The van der Waals surface area contributed by atoms with Gasteiger partial charge in [0.05, 0.1) is 24.4 Å². The summed E-state index contributed by atoms with van der Waals surface area (Å²) in [5, 5.41) is 4.60. The molecule has 0 bridgehead atoms. The summed E-state index contributed by atoms with van der Waals surface area (Å²) in [5.74, 6) is 0.934. The predicted octanol–water partition coefficient (Wildman–Crippen LogP) is 2.65. The number of pyridine rings is 1. The van der Waals surface area contributed by atoms with Crippen LogP contribution < -0.4 is 10.1 Å². The fourth-order valence-corrected chi connectivity index (χ4v) is 2.71. The molecule has 1 saturated heterocycles. The van der Waals surface area contributed by atoms with Gasteiger partial charge >= 0.3 is 0 Å². The Labute approximate surface area is 124 Å². The number of hydrogen-bond donors (Lipinski definition) is 1. The van der Waals surface area contributed by atoms with E-state index in [1.54, 1.807) is 0 Å². The second kappa shape index (κ2) is 5.62. The molecule has 21 heavy (non-hydrogen) atoms. The zero-order chi connectivity index (χ0) is 14.1. The van der Waals surface area contributed by atoms with Crippen LogP contribution in [-0.2, 0) is 11.3 Å². The molecule has 110 valence electrons. The molecule has 2 fully saturated rings. The summed E-state index contributed by atoms with van der Waals surface area (Å²) in [4.78, 5) is 4.74. The molecule has 1 aromatic heterocycles. The molecule has 4 heteroatoms. The number of nitrogens with one attached hydrogen (secondary N) is 1. The number of nitrogens with zero attached hydrogens (tertiary/aromatic N) is 1. The molecule has 0 radical (unpaired) electrons. The van der Waals surface area contributed by atoms with Crippen LogP contribution in [0.15, 0.2) is 30.3 Å². The Kier molecular flexibility index (Phi) is 3.49. The monoisotopic (exact) mass is 284 g/mol. The van der Waals surface area contributed by atoms with Gasteiger partial charge in [-0.2, -0.15) is 0 Å². The van der Waals surface area contributed by atoms with Crippen LogP contribution in [0.5, 0.6) is 5.75 Å². The fraction of sp³-hybridized carbons (Fsp3) is 0.471. The summed E-state index contributed by atoms with van der Waals surface area (Å²) >= 11 is 0. The van der Waals surface area contributed by atoms with Gasteiger partial charge in [0.1, 0.15) is 11.9 Å². The van der Waals surface area contributed by atoms with Gasteiger partial charge in [-0.25, -0.2) is 0 Å². The van der Waals surface area contributed by atoms with Crippen molar-refractivity contribution < 1.29 is 9.47 Å². The summed E-state index contributed by atoms with van der Waals surface area (Å²) in [6.45, 7) is 2.29. The minimum Gasteiger partial charge on any atom is -0.487 e. The maximum Gasteiger partial charge on any atom is 0.131 e. The fourth-order valence-electron chi connectivity index (χ4n) is 2.71. The lowest BCUT2D eigenvalue weighted by Gasteiger charge is -2.15. The largest absolute Gasteiger partial charge is 0.487 e. The van der Waals surface area contributed by atoms with E-state index >= 15 is 0 Å². The highest BCUT2D eigenvalue weighted by Gasteiger charge is 2.21. The topological polar surface area (TPSA) is 43.4 Å². The molecule has 2 aromatic rings. The number of para-hydroxylation sites is 1. The van der Waals surface area contributed by atoms with Crippen molar-refractivity contribution in [3.63, 3.8) is 0 Å². The van der Waals surface area contributed by atoms with Crippen LogP contribution in [0, 0.1) is 0 Å². The lowest BCUT2D eigenvalue weighted by atomic mass is 10.1. The Morgan fingerprint density at radius 3 is 2.95 bits per heavy atom. The van der Waals surface area contributed by atoms with Crippen LogP contribution >= 0.6 is 0 Å². The first kappa shape index (κ1) is 13.0. The molecule has 1 aliphatic carbocycles. The van der Waals surface area contributed by atoms with Crippen molar-refractivity contribution in [3.8, 4) is 5.75 Å². The van der Waals surface area contributed by atoms with E-state index in [0.29, 0.717) is 12.6 Å². The first-order valence-corrected chi connectivity index (χ1v) is 7.75. The molecule has 4 nitrogen and oxygen atoms in total. The maximum atomic E-state index is 6.16. The predicted molar refractivity (Wildman–Crippen MR) is 81.5 cm³/mol. The molecular formula is C17H20N2O2. The minimum absolute atomic E-state index is 0.167. The van der Waals surface area contributed by atoms with Crippen LogP contribution in [0.2, 0.25) is 0 Å². The highest BCUT2D eigenvalue weighted by atomic mass is 16.5. The van der Waals surface area contributed by atoms with E-state index in [1.807, 2.05) is 18.2 Å². The van der Waals surface area contributed by atoms with Crippen LogP contribution in [0.25, 0.3) is 10.9 Å². The van der Waals surface area contributed by atoms with E-state index < -0.39 is 0 Å². The van der Waals surface area contributed by atoms with Crippen molar-refractivity contribution >= 4 is 10.9 Å². The van der Waals surface area contributed by atoms with Gasteiger partial charge in [0, 0.05) is 30.5 Å². The van der Waals surface area contributed by atoms with Gasteiger partial charge in [0.2, 0.25) is 0 Å². The van der Waals surface area contributed by atoms with Gasteiger partial charge in [0.25, 0.3) is 0 Å². The average Bonchev–Trinajstić information content (AvgIpc) is 3.21. The van der Waals surface area contributed by atoms with Crippen LogP contribution in [0.1, 0.15) is 25.0 Å². The molecule has 2 heterocycles. The molecule has 1 unspecified atom stereocenters. The normalized spacial score (nSPS) is 21.8. The molecule has 1 aromatic carbocycles. The second-order valence-corrected chi connectivity index (χ2v) is 5.89. The SMILES string of the molecule is c1ccc2c(OC3CCOC3)cc(CNC3CC3)nc2c1. The average molecular weight is 284 g/mol. The van der Waals surface area contributed by atoms with E-state index in [1.165, 1.54) is 12.8 Å². The van der Waals surface area contributed by atoms with Crippen molar-refractivity contribution in [1.29, 1.82) is 0 Å². The van der Waals surface area contributed by atoms with Crippen molar-refractivity contribution in [2.45, 2.75) is 38.0 Å². The standard InChI is InChI=1S/C17H20N2O2/c1-2-4-16-15(3-1)17(21-14-7-8-20-11-14)9-13(19-16)10-18-12-5-6-12/h1-4,9,12,14,18H,5-8,10-11H2. The highest BCUT2D eigenvalue weighted by molar-refractivity contribution is 5.85. The van der Waals surface area contributed by atoms with Crippen molar-refractivity contribution in [2.24, 2.45) is 0 Å². The third kappa shape index (κ3) is 3.01. The van der Waals surface area contributed by atoms with Gasteiger partial charge < -0.3 is 14.8 Å². The summed E-state index contributed by atoms with van der Waals surface area (Å²) in [6.07, 6.45) is 3.71. The smallest absolute Gasteiger partial charge is 0.131 e. The molecular weight excluding hydrogens is 264 g/mol. The van der Waals surface area contributed by atoms with Gasteiger partial charge in [-0.15, -0.1) is 0 Å². The first-order valence-electron chi connectivity index (χ1n) is 7.75. The van der Waals surface area contributed by atoms with E-state index in [2.05, 4.69) is 17.4 Å². The zero-order valence-corrected chi connectivity index (χ0v) is 12.0. The van der Waals surface area contributed by atoms with E-state index in [4.69, 9.17) is 14.5 Å². The number of ether oxygens (including phenoxy) is 2. The lowest BCUT2D eigenvalue weighted by Crippen LogP contribution is -2.18. The highest BCUT2D eigenvalue weighted by Crippen LogP contribution is 2.28. The van der Waals surface area contributed by atoms with Crippen molar-refractivity contribution in [2.75, 3.05) is 13.2 Å². The van der Waals surface area contributed by atoms with E-state index in [0.717, 1.165) is 41.9 Å². The van der Waals surface area contributed by atoms with Crippen molar-refractivity contribution in [1.82, 2.24) is 10.3 Å². The molecule has 1 atom stereocenters. The second-order valence-electron chi connectivity index (χ2n) is 5.89. The van der Waals surface area contributed by atoms with E-state index in [-0.39, 0.29) is 6.10 Å². The Morgan fingerprint density at radius 1 is 1.24 bits per heavy atom. The van der Waals surface area contributed by atoms with Crippen LogP contribution in [0.4, 0.5) is 0 Å². The molecule has 0 amide bonds. The number of fused-ring (bicyclic) bond motifs is 1. The summed E-state index contributed by atoms with van der Waals surface area (Å²) in [7, 11) is 0. The van der Waals surface area contributed by atoms with Crippen LogP contribution in [-0.4, -0.2) is 30.3 Å². The number of benzene rings is 1. The Balaban J connectivity index is 1.63.